The minimum absolute atomic E-state index is 0.169. The van der Waals surface area contributed by atoms with E-state index in [2.05, 4.69) is 10.6 Å². The van der Waals surface area contributed by atoms with Gasteiger partial charge in [0.15, 0.2) is 0 Å². The Bertz CT molecular complexity index is 387. The van der Waals surface area contributed by atoms with Gasteiger partial charge in [0.05, 0.1) is 0 Å². The van der Waals surface area contributed by atoms with E-state index < -0.39 is 0 Å². The molecule has 0 aliphatic carbocycles. The van der Waals surface area contributed by atoms with Crippen LogP contribution in [0.4, 0.5) is 0 Å². The Labute approximate surface area is 113 Å². The normalized spacial score (nSPS) is 19.2. The summed E-state index contributed by atoms with van der Waals surface area (Å²) in [6.07, 6.45) is 3.21. The summed E-state index contributed by atoms with van der Waals surface area (Å²) in [7, 11) is 2.04. The van der Waals surface area contributed by atoms with Gasteiger partial charge in [0, 0.05) is 15.6 Å². The lowest BCUT2D eigenvalue weighted by molar-refractivity contribution is 0.257. The molecule has 1 aromatic carbocycles. The van der Waals surface area contributed by atoms with Crippen LogP contribution in [0.2, 0.25) is 10.0 Å². The van der Waals surface area contributed by atoms with E-state index >= 15 is 0 Å². The predicted molar refractivity (Wildman–Crippen MR) is 74.1 cm³/mol. The number of nitrogens with one attached hydrogen (secondary N) is 2. The lowest BCUT2D eigenvalue weighted by atomic mass is 9.82. The van der Waals surface area contributed by atoms with Crippen molar-refractivity contribution in [2.75, 3.05) is 20.1 Å². The molecule has 17 heavy (non-hydrogen) atoms. The van der Waals surface area contributed by atoms with E-state index in [1.54, 1.807) is 0 Å². The fourth-order valence-electron chi connectivity index (χ4n) is 2.45. The van der Waals surface area contributed by atoms with Gasteiger partial charge < -0.3 is 10.6 Å². The van der Waals surface area contributed by atoms with Gasteiger partial charge in [0.2, 0.25) is 0 Å². The number of hydrogen-bond acceptors (Lipinski definition) is 2. The molecule has 1 saturated heterocycles. The summed E-state index contributed by atoms with van der Waals surface area (Å²) in [5.41, 5.74) is 1.34. The van der Waals surface area contributed by atoms with Crippen LogP contribution in [-0.2, 0) is 6.42 Å². The summed E-state index contributed by atoms with van der Waals surface area (Å²) in [4.78, 5) is 0. The minimum atomic E-state index is 0.169. The third-order valence-corrected chi connectivity index (χ3v) is 4.22. The summed E-state index contributed by atoms with van der Waals surface area (Å²) < 4.78 is 0. The van der Waals surface area contributed by atoms with Gasteiger partial charge in [-0.3, -0.25) is 0 Å². The molecule has 0 unspecified atom stereocenters. The van der Waals surface area contributed by atoms with Crippen LogP contribution < -0.4 is 10.6 Å². The fourth-order valence-corrected chi connectivity index (χ4v) is 2.93. The van der Waals surface area contributed by atoms with Crippen LogP contribution >= 0.6 is 23.2 Å². The maximum Gasteiger partial charge on any atom is 0.0453 e. The average Bonchev–Trinajstić information content (AvgIpc) is 2.34. The summed E-state index contributed by atoms with van der Waals surface area (Å²) in [5.74, 6) is 0. The Morgan fingerprint density at radius 3 is 2.59 bits per heavy atom. The molecule has 94 valence electrons. The average molecular weight is 273 g/mol. The standard InChI is InChI=1S/C13H18Cl2N2/c1-16-13(4-6-17-7-5-13)9-10-2-3-11(14)8-12(10)15/h2-3,8,16-17H,4-7,9H2,1H3. The van der Waals surface area contributed by atoms with Gasteiger partial charge in [-0.2, -0.15) is 0 Å². The Morgan fingerprint density at radius 1 is 1.29 bits per heavy atom. The van der Waals surface area contributed by atoms with Crippen molar-refractivity contribution in [3.05, 3.63) is 33.8 Å². The molecule has 0 atom stereocenters. The van der Waals surface area contributed by atoms with Crippen LogP contribution in [0, 0.1) is 0 Å². The van der Waals surface area contributed by atoms with E-state index in [-0.39, 0.29) is 5.54 Å². The Hall–Kier alpha value is -0.280. The number of halogens is 2. The number of benzene rings is 1. The fraction of sp³-hybridized carbons (Fsp3) is 0.538. The van der Waals surface area contributed by atoms with Gasteiger partial charge in [-0.15, -0.1) is 0 Å². The highest BCUT2D eigenvalue weighted by Gasteiger charge is 2.30. The maximum absolute atomic E-state index is 6.24. The Balaban J connectivity index is 2.17. The van der Waals surface area contributed by atoms with Crippen LogP contribution in [0.1, 0.15) is 18.4 Å². The van der Waals surface area contributed by atoms with E-state index in [1.807, 2.05) is 25.2 Å². The van der Waals surface area contributed by atoms with Crippen LogP contribution in [0.3, 0.4) is 0 Å². The molecule has 0 bridgehead atoms. The van der Waals surface area contributed by atoms with E-state index in [9.17, 15) is 0 Å². The summed E-state index contributed by atoms with van der Waals surface area (Å²) in [5, 5.41) is 8.33. The van der Waals surface area contributed by atoms with Crippen LogP contribution in [0.5, 0.6) is 0 Å². The molecule has 0 saturated carbocycles. The Morgan fingerprint density at radius 2 is 2.00 bits per heavy atom. The highest BCUT2D eigenvalue weighted by atomic mass is 35.5. The van der Waals surface area contributed by atoms with Crippen molar-refractivity contribution in [3.8, 4) is 0 Å². The van der Waals surface area contributed by atoms with Gasteiger partial charge >= 0.3 is 0 Å². The van der Waals surface area contributed by atoms with Crippen LogP contribution in [0.25, 0.3) is 0 Å². The van der Waals surface area contributed by atoms with E-state index in [0.29, 0.717) is 5.02 Å². The topological polar surface area (TPSA) is 24.1 Å². The molecule has 1 fully saturated rings. The van der Waals surface area contributed by atoms with Crippen molar-refractivity contribution in [2.24, 2.45) is 0 Å². The second-order valence-corrected chi connectivity index (χ2v) is 5.54. The lowest BCUT2D eigenvalue weighted by Crippen LogP contribution is -2.52. The molecule has 0 spiro atoms. The number of rotatable bonds is 3. The third kappa shape index (κ3) is 3.14. The minimum Gasteiger partial charge on any atom is -0.317 e. The second-order valence-electron chi connectivity index (χ2n) is 4.69. The zero-order valence-electron chi connectivity index (χ0n) is 10.0. The van der Waals surface area contributed by atoms with Crippen molar-refractivity contribution in [1.29, 1.82) is 0 Å². The van der Waals surface area contributed by atoms with Gasteiger partial charge in [-0.25, -0.2) is 0 Å². The first-order valence-electron chi connectivity index (χ1n) is 5.99. The van der Waals surface area contributed by atoms with E-state index in [4.69, 9.17) is 23.2 Å². The molecule has 1 aromatic rings. The van der Waals surface area contributed by atoms with Gasteiger partial charge in [-0.05, 0) is 57.1 Å². The summed E-state index contributed by atoms with van der Waals surface area (Å²) in [6.45, 7) is 2.12. The zero-order chi connectivity index (χ0) is 12.3. The number of piperidine rings is 1. The SMILES string of the molecule is CNC1(Cc2ccc(Cl)cc2Cl)CCNCC1. The first kappa shape index (κ1) is 13.2. The molecule has 4 heteroatoms. The van der Waals surface area contributed by atoms with Crippen LogP contribution in [-0.4, -0.2) is 25.7 Å². The van der Waals surface area contributed by atoms with E-state index in [0.717, 1.165) is 37.4 Å². The molecule has 1 heterocycles. The van der Waals surface area contributed by atoms with Crippen LogP contribution in [0.15, 0.2) is 18.2 Å². The summed E-state index contributed by atoms with van der Waals surface area (Å²) >= 11 is 12.2. The van der Waals surface area contributed by atoms with Crippen molar-refractivity contribution in [1.82, 2.24) is 10.6 Å². The number of hydrogen-bond donors (Lipinski definition) is 2. The molecule has 2 nitrogen and oxygen atoms in total. The molecule has 1 aliphatic heterocycles. The first-order valence-corrected chi connectivity index (χ1v) is 6.74. The zero-order valence-corrected chi connectivity index (χ0v) is 11.5. The smallest absolute Gasteiger partial charge is 0.0453 e. The molecule has 1 aliphatic rings. The molecule has 2 rings (SSSR count). The van der Waals surface area contributed by atoms with Gasteiger partial charge in [-0.1, -0.05) is 29.3 Å². The van der Waals surface area contributed by atoms with Gasteiger partial charge in [0.25, 0.3) is 0 Å². The lowest BCUT2D eigenvalue weighted by Gasteiger charge is -2.38. The molecular formula is C13H18Cl2N2. The van der Waals surface area contributed by atoms with Crippen molar-refractivity contribution >= 4 is 23.2 Å². The second kappa shape index (κ2) is 5.57. The van der Waals surface area contributed by atoms with Gasteiger partial charge in [0.1, 0.15) is 0 Å². The summed E-state index contributed by atoms with van der Waals surface area (Å²) in [6, 6.07) is 5.77. The molecule has 0 radical (unpaired) electrons. The maximum atomic E-state index is 6.24. The largest absolute Gasteiger partial charge is 0.317 e. The molecular weight excluding hydrogens is 255 g/mol. The quantitative estimate of drug-likeness (QED) is 0.885. The highest BCUT2D eigenvalue weighted by molar-refractivity contribution is 6.35. The van der Waals surface area contributed by atoms with Crippen molar-refractivity contribution in [2.45, 2.75) is 24.8 Å². The Kier molecular flexibility index (Phi) is 4.31. The predicted octanol–water partition coefficient (Wildman–Crippen LogP) is 2.88. The van der Waals surface area contributed by atoms with E-state index in [1.165, 1.54) is 5.56 Å². The molecule has 2 N–H and O–H groups in total. The van der Waals surface area contributed by atoms with Crippen molar-refractivity contribution < 1.29 is 0 Å². The number of likely N-dealkylation sites (N-methyl/N-ethyl adjacent to an activating group) is 1. The monoisotopic (exact) mass is 272 g/mol. The molecule has 0 aromatic heterocycles. The highest BCUT2D eigenvalue weighted by Crippen LogP contribution is 2.28. The molecule has 0 amide bonds. The third-order valence-electron chi connectivity index (χ3n) is 3.63. The first-order chi connectivity index (χ1) is 8.15. The van der Waals surface area contributed by atoms with Crippen molar-refractivity contribution in [3.63, 3.8) is 0 Å².